The van der Waals surface area contributed by atoms with Gasteiger partial charge in [0.05, 0.1) is 19.9 Å². The van der Waals surface area contributed by atoms with E-state index >= 15 is 0 Å². The minimum Gasteiger partial charge on any atom is -0.497 e. The van der Waals surface area contributed by atoms with Crippen molar-refractivity contribution < 1.29 is 24.1 Å². The number of carboxylic acids is 1. The molecule has 33 heavy (non-hydrogen) atoms. The highest BCUT2D eigenvalue weighted by Gasteiger charge is 2.17. The second kappa shape index (κ2) is 11.7. The van der Waals surface area contributed by atoms with Gasteiger partial charge in [0.1, 0.15) is 42.0 Å². The van der Waals surface area contributed by atoms with Gasteiger partial charge in [-0.2, -0.15) is 0 Å². The molecule has 1 unspecified atom stereocenters. The maximum Gasteiger partial charge on any atom is 0.326 e. The van der Waals surface area contributed by atoms with E-state index in [4.69, 9.17) is 14.2 Å². The Balaban J connectivity index is 1.66. The van der Waals surface area contributed by atoms with E-state index in [1.54, 1.807) is 20.3 Å². The first-order valence-electron chi connectivity index (χ1n) is 10.8. The van der Waals surface area contributed by atoms with Crippen molar-refractivity contribution in [3.05, 3.63) is 60.4 Å². The van der Waals surface area contributed by atoms with Crippen LogP contribution in [0.25, 0.3) is 11.3 Å². The molecule has 0 aliphatic carbocycles. The van der Waals surface area contributed by atoms with Gasteiger partial charge in [0.25, 0.3) is 0 Å². The Morgan fingerprint density at radius 1 is 1.00 bits per heavy atom. The van der Waals surface area contributed by atoms with Gasteiger partial charge in [-0.05, 0) is 48.4 Å². The zero-order chi connectivity index (χ0) is 23.6. The molecule has 8 heteroatoms. The number of benzene rings is 2. The smallest absolute Gasteiger partial charge is 0.326 e. The Hall–Kier alpha value is -3.81. The Morgan fingerprint density at radius 3 is 2.30 bits per heavy atom. The first kappa shape index (κ1) is 23.8. The van der Waals surface area contributed by atoms with E-state index in [2.05, 4.69) is 15.3 Å². The van der Waals surface area contributed by atoms with Gasteiger partial charge in [-0.3, -0.25) is 0 Å². The third-order valence-electron chi connectivity index (χ3n) is 5.10. The summed E-state index contributed by atoms with van der Waals surface area (Å²) in [5.74, 6) is 1.71. The molecule has 1 heterocycles. The highest BCUT2D eigenvalue weighted by atomic mass is 16.5. The maximum atomic E-state index is 11.5. The number of ether oxygens (including phenoxy) is 3. The lowest BCUT2D eigenvalue weighted by atomic mass is 10.1. The Bertz CT molecular complexity index is 1030. The summed E-state index contributed by atoms with van der Waals surface area (Å²) in [5.41, 5.74) is 2.49. The third-order valence-corrected chi connectivity index (χ3v) is 5.10. The molecular weight excluding hydrogens is 422 g/mol. The van der Waals surface area contributed by atoms with Crippen molar-refractivity contribution in [3.63, 3.8) is 0 Å². The Labute approximate surface area is 193 Å². The van der Waals surface area contributed by atoms with Crippen molar-refractivity contribution in [1.82, 2.24) is 9.97 Å². The van der Waals surface area contributed by atoms with Gasteiger partial charge in [-0.15, -0.1) is 0 Å². The van der Waals surface area contributed by atoms with E-state index in [9.17, 15) is 9.90 Å². The summed E-state index contributed by atoms with van der Waals surface area (Å²) in [6.45, 7) is 2.39. The van der Waals surface area contributed by atoms with Crippen LogP contribution < -0.4 is 19.5 Å². The van der Waals surface area contributed by atoms with E-state index < -0.39 is 12.0 Å². The van der Waals surface area contributed by atoms with Crippen LogP contribution in [0.1, 0.15) is 31.7 Å². The average molecular weight is 452 g/mol. The van der Waals surface area contributed by atoms with Crippen LogP contribution in [0.5, 0.6) is 17.2 Å². The molecule has 0 amide bonds. The zero-order valence-corrected chi connectivity index (χ0v) is 19.1. The average Bonchev–Trinajstić information content (AvgIpc) is 2.85. The van der Waals surface area contributed by atoms with Crippen molar-refractivity contribution in [2.75, 3.05) is 19.5 Å². The fourth-order valence-electron chi connectivity index (χ4n) is 3.28. The standard InChI is InChI=1S/C25H29N3O5/c1-4-5-6-22(25(29)30)28-24-14-23(26-16-27-24)18-7-9-19(10-8-18)33-15-17-11-20(31-2)13-21(12-17)32-3/h7-14,16,22H,4-6,15H2,1-3H3,(H,29,30)(H,26,27,28). The lowest BCUT2D eigenvalue weighted by Gasteiger charge is -2.15. The fourth-order valence-corrected chi connectivity index (χ4v) is 3.28. The molecule has 8 nitrogen and oxygen atoms in total. The van der Waals surface area contributed by atoms with Crippen LogP contribution >= 0.6 is 0 Å². The minimum atomic E-state index is -0.890. The number of nitrogens with zero attached hydrogens (tertiary/aromatic N) is 2. The first-order valence-corrected chi connectivity index (χ1v) is 10.8. The largest absolute Gasteiger partial charge is 0.497 e. The number of carbonyl (C=O) groups is 1. The molecule has 0 aliphatic rings. The van der Waals surface area contributed by atoms with Crippen LogP contribution in [0.3, 0.4) is 0 Å². The number of anilines is 1. The fraction of sp³-hybridized carbons (Fsp3) is 0.320. The number of nitrogens with one attached hydrogen (secondary N) is 1. The Morgan fingerprint density at radius 2 is 1.70 bits per heavy atom. The quantitative estimate of drug-likeness (QED) is 0.405. The molecule has 3 rings (SSSR count). The molecule has 0 aliphatic heterocycles. The number of aromatic nitrogens is 2. The molecule has 2 N–H and O–H groups in total. The molecule has 1 aromatic heterocycles. The third kappa shape index (κ3) is 6.83. The van der Waals surface area contributed by atoms with E-state index in [1.165, 1.54) is 6.33 Å². The molecule has 1 atom stereocenters. The lowest BCUT2D eigenvalue weighted by molar-refractivity contribution is -0.138. The van der Waals surface area contributed by atoms with Crippen LogP contribution in [-0.2, 0) is 11.4 Å². The molecule has 174 valence electrons. The van der Waals surface area contributed by atoms with Crippen molar-refractivity contribution in [2.45, 2.75) is 38.8 Å². The molecule has 0 radical (unpaired) electrons. The van der Waals surface area contributed by atoms with Crippen LogP contribution in [0, 0.1) is 0 Å². The second-order valence-electron chi connectivity index (χ2n) is 7.50. The molecule has 2 aromatic carbocycles. The number of methoxy groups -OCH3 is 2. The van der Waals surface area contributed by atoms with Crippen molar-refractivity contribution in [2.24, 2.45) is 0 Å². The van der Waals surface area contributed by atoms with Crippen molar-refractivity contribution >= 4 is 11.8 Å². The van der Waals surface area contributed by atoms with Gasteiger partial charge in [-0.1, -0.05) is 19.8 Å². The van der Waals surface area contributed by atoms with Gasteiger partial charge in [0.2, 0.25) is 0 Å². The van der Waals surface area contributed by atoms with Gasteiger partial charge in [0, 0.05) is 17.7 Å². The summed E-state index contributed by atoms with van der Waals surface area (Å²) in [6, 6.07) is 14.2. The molecule has 0 spiro atoms. The monoisotopic (exact) mass is 451 g/mol. The summed E-state index contributed by atoms with van der Waals surface area (Å²) in [7, 11) is 3.22. The Kier molecular flexibility index (Phi) is 8.46. The first-order chi connectivity index (χ1) is 16.0. The van der Waals surface area contributed by atoms with Gasteiger partial charge < -0.3 is 24.6 Å². The summed E-state index contributed by atoms with van der Waals surface area (Å²) < 4.78 is 16.5. The van der Waals surface area contributed by atoms with Crippen molar-refractivity contribution in [3.8, 4) is 28.5 Å². The summed E-state index contributed by atoms with van der Waals surface area (Å²) >= 11 is 0. The van der Waals surface area contributed by atoms with Crippen LogP contribution in [0.4, 0.5) is 5.82 Å². The van der Waals surface area contributed by atoms with Gasteiger partial charge in [0.15, 0.2) is 0 Å². The molecule has 0 bridgehead atoms. The highest BCUT2D eigenvalue weighted by molar-refractivity contribution is 5.77. The predicted octanol–water partition coefficient (Wildman–Crippen LogP) is 4.80. The number of hydrogen-bond acceptors (Lipinski definition) is 7. The van der Waals surface area contributed by atoms with Crippen LogP contribution in [0.2, 0.25) is 0 Å². The molecule has 0 saturated carbocycles. The summed E-state index contributed by atoms with van der Waals surface area (Å²) in [5, 5.41) is 12.4. The number of unbranched alkanes of at least 4 members (excludes halogenated alkanes) is 1. The van der Waals surface area contributed by atoms with E-state index in [0.717, 1.165) is 24.0 Å². The number of carboxylic acid groups (broad SMARTS) is 1. The number of aliphatic carboxylic acids is 1. The maximum absolute atomic E-state index is 11.5. The molecule has 0 saturated heterocycles. The van der Waals surface area contributed by atoms with Crippen LogP contribution in [0.15, 0.2) is 54.9 Å². The summed E-state index contributed by atoms with van der Waals surface area (Å²) in [6.07, 6.45) is 3.72. The molecule has 0 fully saturated rings. The minimum absolute atomic E-state index is 0.364. The number of rotatable bonds is 12. The lowest BCUT2D eigenvalue weighted by Crippen LogP contribution is -2.29. The molecule has 3 aromatic rings. The number of hydrogen-bond donors (Lipinski definition) is 2. The SMILES string of the molecule is CCCCC(Nc1cc(-c2ccc(OCc3cc(OC)cc(OC)c3)cc2)ncn1)C(=O)O. The molecular formula is C25H29N3O5. The zero-order valence-electron chi connectivity index (χ0n) is 19.1. The summed E-state index contributed by atoms with van der Waals surface area (Å²) in [4.78, 5) is 20.0. The van der Waals surface area contributed by atoms with E-state index in [0.29, 0.717) is 41.8 Å². The highest BCUT2D eigenvalue weighted by Crippen LogP contribution is 2.25. The predicted molar refractivity (Wildman–Crippen MR) is 126 cm³/mol. The van der Waals surface area contributed by atoms with Crippen molar-refractivity contribution in [1.29, 1.82) is 0 Å². The normalized spacial score (nSPS) is 11.5. The van der Waals surface area contributed by atoms with E-state index in [-0.39, 0.29) is 0 Å². The van der Waals surface area contributed by atoms with Gasteiger partial charge in [-0.25, -0.2) is 14.8 Å². The second-order valence-corrected chi connectivity index (χ2v) is 7.50. The topological polar surface area (TPSA) is 103 Å². The van der Waals surface area contributed by atoms with E-state index in [1.807, 2.05) is 49.4 Å². The van der Waals surface area contributed by atoms with Crippen LogP contribution in [-0.4, -0.2) is 41.3 Å². The van der Waals surface area contributed by atoms with Gasteiger partial charge >= 0.3 is 5.97 Å².